The van der Waals surface area contributed by atoms with Crippen molar-refractivity contribution in [2.45, 2.75) is 37.4 Å². The SMILES string of the molecule is O=C(NC1(C(=O)O)CCCC1)c1ccc(OCC(F)(F)F)cc1. The number of amides is 1. The molecule has 0 spiro atoms. The zero-order valence-electron chi connectivity index (χ0n) is 12.2. The second kappa shape index (κ2) is 6.47. The predicted octanol–water partition coefficient (Wildman–Crippen LogP) is 2.75. The van der Waals surface area contributed by atoms with Crippen LogP contribution in [-0.2, 0) is 4.79 Å². The number of halogens is 3. The number of aliphatic carboxylic acids is 1. The van der Waals surface area contributed by atoms with E-state index >= 15 is 0 Å². The van der Waals surface area contributed by atoms with Crippen LogP contribution >= 0.6 is 0 Å². The molecule has 1 saturated carbocycles. The smallest absolute Gasteiger partial charge is 0.422 e. The largest absolute Gasteiger partial charge is 0.484 e. The van der Waals surface area contributed by atoms with Crippen LogP contribution < -0.4 is 10.1 Å². The van der Waals surface area contributed by atoms with Crippen molar-refractivity contribution in [1.29, 1.82) is 0 Å². The summed E-state index contributed by atoms with van der Waals surface area (Å²) in [6.07, 6.45) is -2.28. The van der Waals surface area contributed by atoms with Crippen LogP contribution in [0.2, 0.25) is 0 Å². The fraction of sp³-hybridized carbons (Fsp3) is 0.467. The Hall–Kier alpha value is -2.25. The summed E-state index contributed by atoms with van der Waals surface area (Å²) in [5.74, 6) is -1.67. The van der Waals surface area contributed by atoms with Gasteiger partial charge in [-0.25, -0.2) is 4.79 Å². The molecule has 0 aromatic heterocycles. The van der Waals surface area contributed by atoms with Crippen molar-refractivity contribution >= 4 is 11.9 Å². The van der Waals surface area contributed by atoms with Gasteiger partial charge in [0.1, 0.15) is 11.3 Å². The Bertz CT molecular complexity index is 577. The van der Waals surface area contributed by atoms with Gasteiger partial charge in [-0.15, -0.1) is 0 Å². The van der Waals surface area contributed by atoms with Crippen molar-refractivity contribution in [3.8, 4) is 5.75 Å². The molecule has 1 aromatic carbocycles. The molecule has 2 N–H and O–H groups in total. The third-order valence-electron chi connectivity index (χ3n) is 3.74. The van der Waals surface area contributed by atoms with Gasteiger partial charge in [0.25, 0.3) is 5.91 Å². The highest BCUT2D eigenvalue weighted by Gasteiger charge is 2.42. The van der Waals surface area contributed by atoms with E-state index in [1.165, 1.54) is 24.3 Å². The van der Waals surface area contributed by atoms with Gasteiger partial charge in [0, 0.05) is 5.56 Å². The lowest BCUT2D eigenvalue weighted by Crippen LogP contribution is -2.52. The Morgan fingerprint density at radius 3 is 2.22 bits per heavy atom. The van der Waals surface area contributed by atoms with E-state index in [1.807, 2.05) is 0 Å². The fourth-order valence-corrected chi connectivity index (χ4v) is 2.53. The first-order valence-electron chi connectivity index (χ1n) is 7.07. The molecular formula is C15H16F3NO4. The average Bonchev–Trinajstić information content (AvgIpc) is 2.95. The van der Waals surface area contributed by atoms with Crippen molar-refractivity contribution in [2.75, 3.05) is 6.61 Å². The van der Waals surface area contributed by atoms with Crippen LogP contribution in [0.25, 0.3) is 0 Å². The zero-order chi connectivity index (χ0) is 17.1. The number of carboxylic acid groups (broad SMARTS) is 1. The number of hydrogen-bond donors (Lipinski definition) is 2. The van der Waals surface area contributed by atoms with Crippen LogP contribution in [-0.4, -0.2) is 35.3 Å². The maximum absolute atomic E-state index is 12.1. The molecule has 2 rings (SSSR count). The third kappa shape index (κ3) is 4.37. The summed E-state index contributed by atoms with van der Waals surface area (Å²) in [5, 5.41) is 11.8. The van der Waals surface area contributed by atoms with Crippen molar-refractivity contribution in [3.05, 3.63) is 29.8 Å². The number of nitrogens with one attached hydrogen (secondary N) is 1. The van der Waals surface area contributed by atoms with E-state index in [2.05, 4.69) is 10.1 Å². The number of carboxylic acids is 1. The Balaban J connectivity index is 2.01. The number of ether oxygens (including phenoxy) is 1. The predicted molar refractivity (Wildman–Crippen MR) is 74.3 cm³/mol. The number of benzene rings is 1. The maximum Gasteiger partial charge on any atom is 0.422 e. The summed E-state index contributed by atoms with van der Waals surface area (Å²) in [7, 11) is 0. The van der Waals surface area contributed by atoms with Crippen LogP contribution in [0.3, 0.4) is 0 Å². The molecule has 8 heteroatoms. The van der Waals surface area contributed by atoms with Crippen molar-refractivity contribution in [3.63, 3.8) is 0 Å². The molecule has 1 aromatic rings. The minimum absolute atomic E-state index is 0.0207. The van der Waals surface area contributed by atoms with Gasteiger partial charge in [-0.1, -0.05) is 12.8 Å². The fourth-order valence-electron chi connectivity index (χ4n) is 2.53. The molecule has 0 unspecified atom stereocenters. The van der Waals surface area contributed by atoms with E-state index in [0.717, 1.165) is 12.8 Å². The van der Waals surface area contributed by atoms with Gasteiger partial charge in [0.2, 0.25) is 0 Å². The number of rotatable bonds is 5. The van der Waals surface area contributed by atoms with Gasteiger partial charge in [0.15, 0.2) is 6.61 Å². The highest BCUT2D eigenvalue weighted by molar-refractivity contribution is 5.98. The molecule has 0 saturated heterocycles. The normalized spacial score (nSPS) is 16.8. The summed E-state index contributed by atoms with van der Waals surface area (Å²) in [6.45, 7) is -1.42. The van der Waals surface area contributed by atoms with E-state index in [1.54, 1.807) is 0 Å². The lowest BCUT2D eigenvalue weighted by atomic mass is 9.97. The highest BCUT2D eigenvalue weighted by Crippen LogP contribution is 2.30. The van der Waals surface area contributed by atoms with E-state index in [0.29, 0.717) is 12.8 Å². The van der Waals surface area contributed by atoms with Crippen molar-refractivity contribution in [1.82, 2.24) is 5.32 Å². The summed E-state index contributed by atoms with van der Waals surface area (Å²) in [5.41, 5.74) is -1.10. The Morgan fingerprint density at radius 1 is 1.17 bits per heavy atom. The lowest BCUT2D eigenvalue weighted by Gasteiger charge is -2.25. The zero-order valence-corrected chi connectivity index (χ0v) is 12.2. The quantitative estimate of drug-likeness (QED) is 0.870. The monoisotopic (exact) mass is 331 g/mol. The summed E-state index contributed by atoms with van der Waals surface area (Å²) in [4.78, 5) is 23.5. The number of alkyl halides is 3. The molecule has 23 heavy (non-hydrogen) atoms. The van der Waals surface area contributed by atoms with Gasteiger partial charge in [-0.2, -0.15) is 13.2 Å². The van der Waals surface area contributed by atoms with E-state index < -0.39 is 30.2 Å². The third-order valence-corrected chi connectivity index (χ3v) is 3.74. The molecule has 0 aliphatic heterocycles. The molecule has 0 bridgehead atoms. The highest BCUT2D eigenvalue weighted by atomic mass is 19.4. The van der Waals surface area contributed by atoms with E-state index in [-0.39, 0.29) is 11.3 Å². The minimum Gasteiger partial charge on any atom is -0.484 e. The topological polar surface area (TPSA) is 75.6 Å². The molecule has 1 amide bonds. The van der Waals surface area contributed by atoms with Gasteiger partial charge in [-0.05, 0) is 37.1 Å². The molecule has 0 atom stereocenters. The second-order valence-corrected chi connectivity index (χ2v) is 5.48. The van der Waals surface area contributed by atoms with Crippen molar-refractivity contribution in [2.24, 2.45) is 0 Å². The molecule has 1 fully saturated rings. The van der Waals surface area contributed by atoms with E-state index in [9.17, 15) is 27.9 Å². The Morgan fingerprint density at radius 2 is 1.74 bits per heavy atom. The van der Waals surface area contributed by atoms with Crippen LogP contribution in [0.4, 0.5) is 13.2 Å². The molecule has 1 aliphatic carbocycles. The summed E-state index contributed by atoms with van der Waals surface area (Å²) >= 11 is 0. The number of carbonyl (C=O) groups is 2. The first kappa shape index (κ1) is 17.1. The summed E-state index contributed by atoms with van der Waals surface area (Å²) in [6, 6.07) is 5.07. The Labute approximate surface area is 130 Å². The van der Waals surface area contributed by atoms with Crippen LogP contribution in [0.5, 0.6) is 5.75 Å². The molecule has 0 heterocycles. The van der Waals surface area contributed by atoms with E-state index in [4.69, 9.17) is 0 Å². The first-order valence-corrected chi connectivity index (χ1v) is 7.07. The molecule has 0 radical (unpaired) electrons. The molecule has 5 nitrogen and oxygen atoms in total. The van der Waals surface area contributed by atoms with Crippen molar-refractivity contribution < 1.29 is 32.6 Å². The van der Waals surface area contributed by atoms with Crippen LogP contribution in [0.15, 0.2) is 24.3 Å². The molecular weight excluding hydrogens is 315 g/mol. The van der Waals surface area contributed by atoms with Gasteiger partial charge < -0.3 is 15.2 Å². The van der Waals surface area contributed by atoms with Crippen LogP contribution in [0.1, 0.15) is 36.0 Å². The molecule has 126 valence electrons. The second-order valence-electron chi connectivity index (χ2n) is 5.48. The van der Waals surface area contributed by atoms with Gasteiger partial charge in [0.05, 0.1) is 0 Å². The maximum atomic E-state index is 12.1. The summed E-state index contributed by atoms with van der Waals surface area (Å²) < 4.78 is 40.7. The van der Waals surface area contributed by atoms with Gasteiger partial charge >= 0.3 is 12.1 Å². The Kier molecular flexibility index (Phi) is 4.82. The minimum atomic E-state index is -4.44. The first-order chi connectivity index (χ1) is 10.7. The number of hydrogen-bond acceptors (Lipinski definition) is 3. The number of carbonyl (C=O) groups excluding carboxylic acids is 1. The average molecular weight is 331 g/mol. The van der Waals surface area contributed by atoms with Gasteiger partial charge in [-0.3, -0.25) is 4.79 Å². The van der Waals surface area contributed by atoms with Crippen LogP contribution in [0, 0.1) is 0 Å². The lowest BCUT2D eigenvalue weighted by molar-refractivity contribution is -0.153. The standard InChI is InChI=1S/C15H16F3NO4/c16-15(17,18)9-23-11-5-3-10(4-6-11)12(20)19-14(13(21)22)7-1-2-8-14/h3-6H,1-2,7-9H2,(H,19,20)(H,21,22). The molecule has 1 aliphatic rings.